The van der Waals surface area contributed by atoms with E-state index in [1.165, 1.54) is 15.7 Å². The lowest BCUT2D eigenvalue weighted by Crippen LogP contribution is -2.68. The Morgan fingerprint density at radius 1 is 0.867 bits per heavy atom. The minimum absolute atomic E-state index is 0.0103. The van der Waals surface area contributed by atoms with Gasteiger partial charge in [-0.1, -0.05) is 65.0 Å². The number of carboxylic acid groups (broad SMARTS) is 1. The number of allylic oxidation sites excluding steroid dienone is 1. The number of hydrogen-bond acceptors (Lipinski definition) is 6. The summed E-state index contributed by atoms with van der Waals surface area (Å²) in [5.41, 5.74) is 0.793. The monoisotopic (exact) mass is 838 g/mol. The van der Waals surface area contributed by atoms with E-state index in [9.17, 15) is 19.5 Å². The third kappa shape index (κ3) is 6.63. The molecule has 60 heavy (non-hydrogen) atoms. The van der Waals surface area contributed by atoms with Gasteiger partial charge in [-0.2, -0.15) is 0 Å². The smallest absolute Gasteiger partial charge is 0.309 e. The van der Waals surface area contributed by atoms with E-state index in [2.05, 4.69) is 70.5 Å². The highest BCUT2D eigenvalue weighted by molar-refractivity contribution is 7.17. The van der Waals surface area contributed by atoms with Crippen LogP contribution in [-0.4, -0.2) is 70.9 Å². The van der Waals surface area contributed by atoms with Gasteiger partial charge in [-0.25, -0.2) is 0 Å². The summed E-state index contributed by atoms with van der Waals surface area (Å²) in [7, 11) is 0. The van der Waals surface area contributed by atoms with Crippen LogP contribution in [0.2, 0.25) is 0 Å². The van der Waals surface area contributed by atoms with E-state index in [1.807, 2.05) is 23.1 Å². The number of thiophene rings is 1. The molecule has 6 fully saturated rings. The molecule has 8 nitrogen and oxygen atoms in total. The normalized spacial score (nSPS) is 37.5. The van der Waals surface area contributed by atoms with Crippen LogP contribution in [0, 0.1) is 62.1 Å². The van der Waals surface area contributed by atoms with Crippen LogP contribution in [0.15, 0.2) is 47.9 Å². The number of hydrogen-bond donors (Lipinski definition) is 1. The average Bonchev–Trinajstić information content (AvgIpc) is 3.80. The van der Waals surface area contributed by atoms with Gasteiger partial charge in [0.2, 0.25) is 11.8 Å². The summed E-state index contributed by atoms with van der Waals surface area (Å²) in [5.74, 6) is 0.900. The fourth-order valence-corrected chi connectivity index (χ4v) is 16.1. The molecule has 0 bridgehead atoms. The van der Waals surface area contributed by atoms with Crippen LogP contribution in [0.4, 0.5) is 0 Å². The van der Waals surface area contributed by atoms with Gasteiger partial charge in [-0.15, -0.1) is 11.3 Å². The van der Waals surface area contributed by atoms with Crippen molar-refractivity contribution in [3.63, 3.8) is 0 Å². The SMILES string of the molecule is C=C(C)[C@@H]1CC[C@]2(C(=O)N3CCN(C(=O)/C=C/c4csc5ccccc45)CC3)CC[C@]3(C)[C@H](CC[C@@H]4[C@@]5(C)CC[C@H](OC(=O)CC(C)(C)C(=O)O)C(C)(C)[C@@H]5CC[C@]43C)[C@@H]12. The Bertz CT molecular complexity index is 2090. The Kier molecular flexibility index (Phi) is 10.9. The van der Waals surface area contributed by atoms with Crippen molar-refractivity contribution in [1.82, 2.24) is 9.80 Å². The molecule has 0 radical (unpaired) electrons. The first-order valence-corrected chi connectivity index (χ1v) is 23.9. The Labute approximate surface area is 362 Å². The highest BCUT2D eigenvalue weighted by Crippen LogP contribution is 2.77. The maximum absolute atomic E-state index is 15.2. The van der Waals surface area contributed by atoms with Crippen molar-refractivity contribution in [3.05, 3.63) is 53.4 Å². The summed E-state index contributed by atoms with van der Waals surface area (Å²) in [6, 6.07) is 8.29. The van der Waals surface area contributed by atoms with Gasteiger partial charge < -0.3 is 19.6 Å². The van der Waals surface area contributed by atoms with E-state index < -0.39 is 17.4 Å². The molecule has 1 N–H and O–H groups in total. The first-order chi connectivity index (χ1) is 28.2. The predicted molar refractivity (Wildman–Crippen MR) is 239 cm³/mol. The number of amides is 2. The molecule has 1 aromatic carbocycles. The van der Waals surface area contributed by atoms with Crippen LogP contribution in [0.25, 0.3) is 16.2 Å². The van der Waals surface area contributed by atoms with Crippen LogP contribution in [-0.2, 0) is 23.9 Å². The van der Waals surface area contributed by atoms with Crippen molar-refractivity contribution in [1.29, 1.82) is 0 Å². The molecular weight excluding hydrogens is 769 g/mol. The lowest BCUT2D eigenvalue weighted by atomic mass is 9.32. The minimum atomic E-state index is -1.16. The van der Waals surface area contributed by atoms with E-state index in [1.54, 1.807) is 31.3 Å². The van der Waals surface area contributed by atoms with E-state index in [-0.39, 0.29) is 51.4 Å². The van der Waals surface area contributed by atoms with Gasteiger partial charge in [-0.05, 0) is 159 Å². The van der Waals surface area contributed by atoms with Gasteiger partial charge in [0.25, 0.3) is 0 Å². The van der Waals surface area contributed by atoms with Gasteiger partial charge in [0.05, 0.1) is 17.3 Å². The molecule has 1 aromatic heterocycles. The molecule has 2 heterocycles. The van der Waals surface area contributed by atoms with Gasteiger partial charge in [0, 0.05) is 42.4 Å². The Hall–Kier alpha value is -3.46. The topological polar surface area (TPSA) is 104 Å². The summed E-state index contributed by atoms with van der Waals surface area (Å²) >= 11 is 1.69. The minimum Gasteiger partial charge on any atom is -0.481 e. The number of nitrogens with zero attached hydrogens (tertiary/aromatic N) is 2. The molecule has 9 heteroatoms. The van der Waals surface area contributed by atoms with E-state index in [4.69, 9.17) is 4.74 Å². The average molecular weight is 839 g/mol. The number of esters is 1. The Morgan fingerprint density at radius 2 is 1.57 bits per heavy atom. The number of benzene rings is 1. The van der Waals surface area contributed by atoms with Gasteiger partial charge in [-0.3, -0.25) is 19.2 Å². The second kappa shape index (κ2) is 15.1. The lowest BCUT2D eigenvalue weighted by molar-refractivity contribution is -0.250. The van der Waals surface area contributed by atoms with Crippen molar-refractivity contribution in [2.24, 2.45) is 62.1 Å². The fourth-order valence-electron chi connectivity index (χ4n) is 15.2. The largest absolute Gasteiger partial charge is 0.481 e. The molecule has 0 unspecified atom stereocenters. The van der Waals surface area contributed by atoms with Crippen molar-refractivity contribution in [2.75, 3.05) is 26.2 Å². The number of fused-ring (bicyclic) bond motifs is 8. The Balaban J connectivity index is 0.981. The number of aliphatic carboxylic acids is 1. The summed E-state index contributed by atoms with van der Waals surface area (Å²) in [4.78, 5) is 57.6. The van der Waals surface area contributed by atoms with Crippen molar-refractivity contribution in [3.8, 4) is 0 Å². The summed E-state index contributed by atoms with van der Waals surface area (Å²) < 4.78 is 7.42. The number of piperazine rings is 1. The molecule has 5 aliphatic carbocycles. The molecule has 326 valence electrons. The zero-order valence-corrected chi connectivity index (χ0v) is 38.4. The fraction of sp³-hybridized carbons (Fsp3) is 0.686. The molecule has 2 aromatic rings. The molecule has 2 amide bonds. The summed E-state index contributed by atoms with van der Waals surface area (Å²) in [6.07, 6.45) is 13.5. The third-order valence-corrected chi connectivity index (χ3v) is 19.6. The molecule has 1 aliphatic heterocycles. The van der Waals surface area contributed by atoms with Crippen molar-refractivity contribution < 1.29 is 29.0 Å². The molecule has 6 aliphatic rings. The first kappa shape index (κ1) is 43.2. The van der Waals surface area contributed by atoms with Crippen LogP contribution < -0.4 is 0 Å². The summed E-state index contributed by atoms with van der Waals surface area (Å²) in [5, 5.41) is 12.9. The molecule has 8 rings (SSSR count). The number of ether oxygens (including phenoxy) is 1. The van der Waals surface area contributed by atoms with Crippen molar-refractivity contribution >= 4 is 51.3 Å². The molecule has 10 atom stereocenters. The van der Waals surface area contributed by atoms with E-state index in [0.717, 1.165) is 69.8 Å². The van der Waals surface area contributed by atoms with Crippen LogP contribution in [0.5, 0.6) is 0 Å². The quantitative estimate of drug-likeness (QED) is 0.161. The van der Waals surface area contributed by atoms with Gasteiger partial charge in [0.15, 0.2) is 0 Å². The van der Waals surface area contributed by atoms with Crippen LogP contribution in [0.1, 0.15) is 132 Å². The standard InChI is InChI=1S/C51H70N2O6S/c1-32(2)34-18-23-51(44(56)53-28-26-52(27-29-53)41(54)17-14-33-31-60-37-13-11-10-12-35(33)37)25-24-49(8)36(43(34)51)15-16-39-48(7)21-20-40(59-42(55)30-46(3,4)45(57)58)47(5,6)38(48)19-22-50(39,49)9/h10-14,17,31,34,36,38-40,43H,1,15-16,18-30H2,2-9H3,(H,57,58)/b17-14+/t34-,36+,38-,39+,40-,43+,48-,49+,50+,51-/m0/s1. The number of carbonyl (C=O) groups is 4. The number of rotatable bonds is 8. The zero-order chi connectivity index (χ0) is 43.2. The first-order valence-electron chi connectivity index (χ1n) is 23.0. The molecule has 0 spiro atoms. The number of carboxylic acids is 1. The highest BCUT2D eigenvalue weighted by atomic mass is 32.1. The lowest BCUT2D eigenvalue weighted by Gasteiger charge is -2.73. The van der Waals surface area contributed by atoms with E-state index in [0.29, 0.717) is 55.8 Å². The van der Waals surface area contributed by atoms with Crippen LogP contribution >= 0.6 is 11.3 Å². The molecular formula is C51H70N2O6S. The van der Waals surface area contributed by atoms with Gasteiger partial charge in [0.1, 0.15) is 6.10 Å². The summed E-state index contributed by atoms with van der Waals surface area (Å²) in [6.45, 7) is 24.6. The van der Waals surface area contributed by atoms with E-state index >= 15 is 4.79 Å². The van der Waals surface area contributed by atoms with Gasteiger partial charge >= 0.3 is 11.9 Å². The highest BCUT2D eigenvalue weighted by Gasteiger charge is 2.72. The molecule has 1 saturated heterocycles. The third-order valence-electron chi connectivity index (χ3n) is 18.7. The molecule has 5 saturated carbocycles. The van der Waals surface area contributed by atoms with Crippen LogP contribution in [0.3, 0.4) is 0 Å². The number of carbonyl (C=O) groups excluding carboxylic acids is 3. The maximum Gasteiger partial charge on any atom is 0.309 e. The second-order valence-corrected chi connectivity index (χ2v) is 23.1. The van der Waals surface area contributed by atoms with Crippen molar-refractivity contribution in [2.45, 2.75) is 132 Å². The second-order valence-electron chi connectivity index (χ2n) is 22.2. The maximum atomic E-state index is 15.2. The zero-order valence-electron chi connectivity index (χ0n) is 37.6. The Morgan fingerprint density at radius 3 is 2.27 bits per heavy atom. The predicted octanol–water partition coefficient (Wildman–Crippen LogP) is 10.7.